The van der Waals surface area contributed by atoms with Gasteiger partial charge in [0.15, 0.2) is 5.65 Å². The maximum absolute atomic E-state index is 13.8. The minimum absolute atomic E-state index is 0.197. The van der Waals surface area contributed by atoms with Crippen LogP contribution in [0.5, 0.6) is 0 Å². The number of nitrogens with zero attached hydrogens (tertiary/aromatic N) is 3. The normalized spacial score (nSPS) is 11.9. The Morgan fingerprint density at radius 3 is 2.27 bits per heavy atom. The number of carbonyl (C=O) groups excluding carboxylic acids is 1. The lowest BCUT2D eigenvalue weighted by Crippen LogP contribution is -2.28. The van der Waals surface area contributed by atoms with E-state index in [9.17, 15) is 14.7 Å². The van der Waals surface area contributed by atoms with E-state index < -0.39 is 5.97 Å². The number of aromatic nitrogens is 3. The first-order valence-corrected chi connectivity index (χ1v) is 13.0. The van der Waals surface area contributed by atoms with Crippen molar-refractivity contribution in [3.63, 3.8) is 0 Å². The Labute approximate surface area is 230 Å². The SMILES string of the molecule is C[C@H](NC(=O)c1cc(-c2ccccc2)cc2nnc(Cc3ccc4ccccc4c3)n12)c1ccc(C(=O)O)cc1. The lowest BCUT2D eigenvalue weighted by molar-refractivity contribution is 0.0696. The van der Waals surface area contributed by atoms with Gasteiger partial charge in [0.05, 0.1) is 11.6 Å². The van der Waals surface area contributed by atoms with Crippen molar-refractivity contribution >= 4 is 28.3 Å². The minimum atomic E-state index is -0.991. The summed E-state index contributed by atoms with van der Waals surface area (Å²) in [5.74, 6) is -0.611. The number of hydrogen-bond acceptors (Lipinski definition) is 4. The Bertz CT molecular complexity index is 1860. The maximum Gasteiger partial charge on any atom is 0.335 e. The number of pyridine rings is 1. The number of benzene rings is 4. The standard InChI is InChI=1S/C33H26N4O3/c1-21(23-13-15-26(16-14-23)33(39)40)34-32(38)29-19-28(24-7-3-2-4-8-24)20-31-36-35-30(37(29)31)18-22-11-12-25-9-5-6-10-27(25)17-22/h2-17,19-21H,18H2,1H3,(H,34,38)(H,39,40)/t21-/m0/s1. The minimum Gasteiger partial charge on any atom is -0.478 e. The molecule has 0 saturated carbocycles. The summed E-state index contributed by atoms with van der Waals surface area (Å²) < 4.78 is 1.82. The number of hydrogen-bond donors (Lipinski definition) is 2. The zero-order valence-electron chi connectivity index (χ0n) is 21.8. The first-order valence-electron chi connectivity index (χ1n) is 13.0. The van der Waals surface area contributed by atoms with Crippen molar-refractivity contribution < 1.29 is 14.7 Å². The summed E-state index contributed by atoms with van der Waals surface area (Å²) in [7, 11) is 0. The lowest BCUT2D eigenvalue weighted by Gasteiger charge is -2.17. The number of nitrogens with one attached hydrogen (secondary N) is 1. The molecule has 0 bridgehead atoms. The molecule has 0 spiro atoms. The fraction of sp³-hybridized carbons (Fsp3) is 0.0909. The molecule has 0 aliphatic rings. The van der Waals surface area contributed by atoms with Crippen molar-refractivity contribution in [1.29, 1.82) is 0 Å². The number of aromatic carboxylic acids is 1. The van der Waals surface area contributed by atoms with Gasteiger partial charge in [0.25, 0.3) is 5.91 Å². The molecular weight excluding hydrogens is 500 g/mol. The summed E-state index contributed by atoms with van der Waals surface area (Å²) in [5, 5.41) is 23.5. The maximum atomic E-state index is 13.8. The summed E-state index contributed by atoms with van der Waals surface area (Å²) in [6.07, 6.45) is 0.503. The van der Waals surface area contributed by atoms with Gasteiger partial charge in [0, 0.05) is 6.42 Å². The van der Waals surface area contributed by atoms with Crippen LogP contribution in [-0.2, 0) is 6.42 Å². The van der Waals surface area contributed by atoms with E-state index >= 15 is 0 Å². The van der Waals surface area contributed by atoms with Gasteiger partial charge in [-0.05, 0) is 64.2 Å². The second-order valence-electron chi connectivity index (χ2n) is 9.79. The van der Waals surface area contributed by atoms with E-state index in [1.807, 2.05) is 65.9 Å². The first-order chi connectivity index (χ1) is 19.5. The number of carbonyl (C=O) groups is 2. The number of carboxylic acid groups (broad SMARTS) is 1. The van der Waals surface area contributed by atoms with Crippen LogP contribution in [0.2, 0.25) is 0 Å². The molecule has 0 fully saturated rings. The van der Waals surface area contributed by atoms with Crippen molar-refractivity contribution in [3.8, 4) is 11.1 Å². The van der Waals surface area contributed by atoms with Crippen molar-refractivity contribution in [3.05, 3.63) is 137 Å². The zero-order valence-corrected chi connectivity index (χ0v) is 21.8. The summed E-state index contributed by atoms with van der Waals surface area (Å²) in [6, 6.07) is 34.3. The fourth-order valence-corrected chi connectivity index (χ4v) is 4.96. The Hall–Kier alpha value is -5.30. The first kappa shape index (κ1) is 25.0. The average molecular weight is 527 g/mol. The predicted molar refractivity (Wildman–Crippen MR) is 154 cm³/mol. The van der Waals surface area contributed by atoms with Gasteiger partial charge in [0.2, 0.25) is 0 Å². The number of fused-ring (bicyclic) bond motifs is 2. The molecule has 2 heterocycles. The Balaban J connectivity index is 1.39. The fourth-order valence-electron chi connectivity index (χ4n) is 4.96. The molecule has 40 heavy (non-hydrogen) atoms. The van der Waals surface area contributed by atoms with E-state index in [-0.39, 0.29) is 17.5 Å². The van der Waals surface area contributed by atoms with Gasteiger partial charge in [-0.1, -0.05) is 84.9 Å². The van der Waals surface area contributed by atoms with Crippen LogP contribution in [0.3, 0.4) is 0 Å². The van der Waals surface area contributed by atoms with Crippen LogP contribution in [-0.4, -0.2) is 31.6 Å². The summed E-state index contributed by atoms with van der Waals surface area (Å²) in [5.41, 5.74) is 4.90. The monoisotopic (exact) mass is 526 g/mol. The van der Waals surface area contributed by atoms with E-state index in [1.165, 1.54) is 12.1 Å². The van der Waals surface area contributed by atoms with Crippen molar-refractivity contribution in [1.82, 2.24) is 19.9 Å². The molecule has 7 nitrogen and oxygen atoms in total. The summed E-state index contributed by atoms with van der Waals surface area (Å²) >= 11 is 0. The molecular formula is C33H26N4O3. The highest BCUT2D eigenvalue weighted by atomic mass is 16.4. The van der Waals surface area contributed by atoms with E-state index in [0.29, 0.717) is 23.6 Å². The molecule has 2 N–H and O–H groups in total. The quantitative estimate of drug-likeness (QED) is 0.253. The molecule has 0 aliphatic carbocycles. The van der Waals surface area contributed by atoms with Crippen LogP contribution in [0.1, 0.15) is 50.8 Å². The van der Waals surface area contributed by atoms with Gasteiger partial charge in [-0.25, -0.2) is 4.79 Å². The van der Waals surface area contributed by atoms with E-state index in [2.05, 4.69) is 45.8 Å². The van der Waals surface area contributed by atoms with Crippen LogP contribution < -0.4 is 5.32 Å². The van der Waals surface area contributed by atoms with Crippen LogP contribution in [0, 0.1) is 0 Å². The van der Waals surface area contributed by atoms with Gasteiger partial charge >= 0.3 is 5.97 Å². The average Bonchev–Trinajstić information content (AvgIpc) is 3.39. The Morgan fingerprint density at radius 1 is 0.800 bits per heavy atom. The molecule has 196 valence electrons. The highest BCUT2D eigenvalue weighted by Gasteiger charge is 2.20. The third-order valence-electron chi connectivity index (χ3n) is 7.09. The predicted octanol–water partition coefficient (Wildman–Crippen LogP) is 6.33. The van der Waals surface area contributed by atoms with Crippen molar-refractivity contribution in [2.45, 2.75) is 19.4 Å². The molecule has 1 amide bonds. The molecule has 4 aromatic carbocycles. The lowest BCUT2D eigenvalue weighted by atomic mass is 10.0. The van der Waals surface area contributed by atoms with Crippen molar-refractivity contribution in [2.75, 3.05) is 0 Å². The third kappa shape index (κ3) is 4.92. The van der Waals surface area contributed by atoms with Gasteiger partial charge in [-0.15, -0.1) is 10.2 Å². The van der Waals surface area contributed by atoms with Gasteiger partial charge in [-0.2, -0.15) is 0 Å². The second-order valence-corrected chi connectivity index (χ2v) is 9.79. The van der Waals surface area contributed by atoms with Crippen LogP contribution in [0.4, 0.5) is 0 Å². The summed E-state index contributed by atoms with van der Waals surface area (Å²) in [6.45, 7) is 1.87. The number of carboxylic acids is 1. The Kier molecular flexibility index (Phi) is 6.54. The molecule has 7 heteroatoms. The molecule has 0 aliphatic heterocycles. The molecule has 0 radical (unpaired) electrons. The zero-order chi connectivity index (χ0) is 27.6. The van der Waals surface area contributed by atoms with Gasteiger partial charge in [-0.3, -0.25) is 9.20 Å². The van der Waals surface area contributed by atoms with Gasteiger partial charge in [0.1, 0.15) is 11.5 Å². The highest BCUT2D eigenvalue weighted by molar-refractivity contribution is 5.95. The van der Waals surface area contributed by atoms with Crippen LogP contribution in [0.15, 0.2) is 109 Å². The molecule has 0 saturated heterocycles. The van der Waals surface area contributed by atoms with Crippen LogP contribution >= 0.6 is 0 Å². The van der Waals surface area contributed by atoms with Crippen LogP contribution in [0.25, 0.3) is 27.5 Å². The van der Waals surface area contributed by atoms with E-state index in [1.54, 1.807) is 12.1 Å². The van der Waals surface area contributed by atoms with E-state index in [4.69, 9.17) is 0 Å². The summed E-state index contributed by atoms with van der Waals surface area (Å²) in [4.78, 5) is 25.0. The topological polar surface area (TPSA) is 96.6 Å². The second kappa shape index (κ2) is 10.5. The molecule has 0 unspecified atom stereocenters. The number of rotatable bonds is 7. The van der Waals surface area contributed by atoms with Gasteiger partial charge < -0.3 is 10.4 Å². The van der Waals surface area contributed by atoms with Crippen molar-refractivity contribution in [2.24, 2.45) is 0 Å². The molecule has 6 rings (SSSR count). The third-order valence-corrected chi connectivity index (χ3v) is 7.09. The smallest absolute Gasteiger partial charge is 0.335 e. The molecule has 6 aromatic rings. The molecule has 2 aromatic heterocycles. The molecule has 1 atom stereocenters. The largest absolute Gasteiger partial charge is 0.478 e. The Morgan fingerprint density at radius 2 is 1.52 bits per heavy atom. The highest BCUT2D eigenvalue weighted by Crippen LogP contribution is 2.25. The number of amides is 1. The van der Waals surface area contributed by atoms with E-state index in [0.717, 1.165) is 33.0 Å².